The lowest BCUT2D eigenvalue weighted by Crippen LogP contribution is -2.41. The molecule has 1 aromatic heterocycles. The topological polar surface area (TPSA) is 36.4 Å². The molecule has 2 heterocycles. The Morgan fingerprint density at radius 2 is 2.31 bits per heavy atom. The zero-order valence-electron chi connectivity index (χ0n) is 10.1. The van der Waals surface area contributed by atoms with E-state index >= 15 is 0 Å². The number of aliphatic hydroxyl groups is 1. The van der Waals surface area contributed by atoms with Crippen molar-refractivity contribution in [3.63, 3.8) is 0 Å². The van der Waals surface area contributed by atoms with E-state index in [2.05, 4.69) is 23.7 Å². The van der Waals surface area contributed by atoms with E-state index in [4.69, 9.17) is 0 Å². The number of piperidine rings is 1. The summed E-state index contributed by atoms with van der Waals surface area (Å²) in [6.07, 6.45) is 4.27. The summed E-state index contributed by atoms with van der Waals surface area (Å²) in [6.45, 7) is 6.73. The van der Waals surface area contributed by atoms with E-state index in [-0.39, 0.29) is 6.61 Å². The number of pyridine rings is 1. The minimum Gasteiger partial charge on any atom is -0.392 e. The highest BCUT2D eigenvalue weighted by Crippen LogP contribution is 2.31. The molecule has 3 nitrogen and oxygen atoms in total. The molecule has 0 spiro atoms. The molecule has 0 aromatic carbocycles. The van der Waals surface area contributed by atoms with E-state index in [1.807, 2.05) is 12.1 Å². The monoisotopic (exact) mass is 220 g/mol. The van der Waals surface area contributed by atoms with Gasteiger partial charge in [-0.15, -0.1) is 0 Å². The van der Waals surface area contributed by atoms with Gasteiger partial charge in [0.2, 0.25) is 0 Å². The second-order valence-electron chi connectivity index (χ2n) is 5.33. The maximum atomic E-state index is 9.31. The van der Waals surface area contributed by atoms with Gasteiger partial charge in [0.05, 0.1) is 6.61 Å². The SMILES string of the molecule is CC1(C)CCCN(c2ncccc2CO)C1. The van der Waals surface area contributed by atoms with Gasteiger partial charge < -0.3 is 10.0 Å². The highest BCUT2D eigenvalue weighted by atomic mass is 16.3. The van der Waals surface area contributed by atoms with Crippen molar-refractivity contribution in [3.8, 4) is 0 Å². The van der Waals surface area contributed by atoms with Gasteiger partial charge in [-0.3, -0.25) is 0 Å². The van der Waals surface area contributed by atoms with E-state index in [0.717, 1.165) is 24.5 Å². The second kappa shape index (κ2) is 4.42. The van der Waals surface area contributed by atoms with Crippen LogP contribution in [0.2, 0.25) is 0 Å². The third kappa shape index (κ3) is 2.35. The number of hydrogen-bond donors (Lipinski definition) is 1. The van der Waals surface area contributed by atoms with Crippen molar-refractivity contribution in [2.45, 2.75) is 33.3 Å². The van der Waals surface area contributed by atoms with Crippen LogP contribution in [0.15, 0.2) is 18.3 Å². The van der Waals surface area contributed by atoms with Gasteiger partial charge in [-0.2, -0.15) is 0 Å². The van der Waals surface area contributed by atoms with Gasteiger partial charge in [-0.25, -0.2) is 4.98 Å². The van der Waals surface area contributed by atoms with E-state index in [9.17, 15) is 5.11 Å². The molecule has 1 N–H and O–H groups in total. The third-order valence-electron chi connectivity index (χ3n) is 3.24. The molecule has 16 heavy (non-hydrogen) atoms. The van der Waals surface area contributed by atoms with Gasteiger partial charge in [0.1, 0.15) is 5.82 Å². The van der Waals surface area contributed by atoms with Crippen LogP contribution in [0.1, 0.15) is 32.3 Å². The lowest BCUT2D eigenvalue weighted by atomic mass is 9.84. The van der Waals surface area contributed by atoms with Crippen LogP contribution in [0.5, 0.6) is 0 Å². The van der Waals surface area contributed by atoms with Gasteiger partial charge >= 0.3 is 0 Å². The first-order chi connectivity index (χ1) is 7.62. The summed E-state index contributed by atoms with van der Waals surface area (Å²) in [4.78, 5) is 6.71. The van der Waals surface area contributed by atoms with Crippen LogP contribution in [-0.4, -0.2) is 23.2 Å². The number of nitrogens with zero attached hydrogens (tertiary/aromatic N) is 2. The minimum absolute atomic E-state index is 0.0695. The van der Waals surface area contributed by atoms with Crippen LogP contribution in [0.25, 0.3) is 0 Å². The fourth-order valence-corrected chi connectivity index (χ4v) is 2.44. The molecule has 1 aromatic rings. The molecular formula is C13H20N2O. The molecule has 88 valence electrons. The van der Waals surface area contributed by atoms with Crippen LogP contribution in [0, 0.1) is 5.41 Å². The Kier molecular flexibility index (Phi) is 3.15. The van der Waals surface area contributed by atoms with Crippen molar-refractivity contribution in [2.24, 2.45) is 5.41 Å². The fraction of sp³-hybridized carbons (Fsp3) is 0.615. The quantitative estimate of drug-likeness (QED) is 0.830. The Bertz CT molecular complexity index is 363. The maximum absolute atomic E-state index is 9.31. The standard InChI is InChI=1S/C13H20N2O/c1-13(2)6-4-8-15(10-13)12-11(9-16)5-3-7-14-12/h3,5,7,16H,4,6,8-10H2,1-2H3. The Hall–Kier alpha value is -1.09. The summed E-state index contributed by atoms with van der Waals surface area (Å²) in [5, 5.41) is 9.31. The average Bonchev–Trinajstić information content (AvgIpc) is 2.27. The third-order valence-corrected chi connectivity index (χ3v) is 3.24. The smallest absolute Gasteiger partial charge is 0.134 e. The summed E-state index contributed by atoms with van der Waals surface area (Å²) < 4.78 is 0. The number of anilines is 1. The Morgan fingerprint density at radius 3 is 3.00 bits per heavy atom. The number of hydrogen-bond acceptors (Lipinski definition) is 3. The zero-order chi connectivity index (χ0) is 11.6. The molecule has 0 unspecified atom stereocenters. The van der Waals surface area contributed by atoms with E-state index in [1.165, 1.54) is 12.8 Å². The first-order valence-electron chi connectivity index (χ1n) is 5.92. The predicted octanol–water partition coefficient (Wildman–Crippen LogP) is 2.20. The van der Waals surface area contributed by atoms with Crippen molar-refractivity contribution in [2.75, 3.05) is 18.0 Å². The second-order valence-corrected chi connectivity index (χ2v) is 5.33. The maximum Gasteiger partial charge on any atom is 0.134 e. The van der Waals surface area contributed by atoms with Gasteiger partial charge in [-0.05, 0) is 24.3 Å². The number of aliphatic hydroxyl groups excluding tert-OH is 1. The summed E-state index contributed by atoms with van der Waals surface area (Å²) in [5.74, 6) is 0.956. The van der Waals surface area contributed by atoms with Crippen LogP contribution in [0.3, 0.4) is 0 Å². The lowest BCUT2D eigenvalue weighted by molar-refractivity contribution is 0.275. The Balaban J connectivity index is 2.23. The molecule has 0 saturated carbocycles. The van der Waals surface area contributed by atoms with Crippen molar-refractivity contribution in [1.29, 1.82) is 0 Å². The minimum atomic E-state index is 0.0695. The van der Waals surface area contributed by atoms with Crippen LogP contribution in [0.4, 0.5) is 5.82 Å². The molecule has 0 atom stereocenters. The van der Waals surface area contributed by atoms with Gasteiger partial charge in [-0.1, -0.05) is 19.9 Å². The lowest BCUT2D eigenvalue weighted by Gasteiger charge is -2.39. The normalized spacial score (nSPS) is 19.8. The van der Waals surface area contributed by atoms with Crippen molar-refractivity contribution in [1.82, 2.24) is 4.98 Å². The van der Waals surface area contributed by atoms with Gasteiger partial charge in [0.25, 0.3) is 0 Å². The zero-order valence-corrected chi connectivity index (χ0v) is 10.1. The molecule has 0 aliphatic carbocycles. The fourth-order valence-electron chi connectivity index (χ4n) is 2.44. The Morgan fingerprint density at radius 1 is 1.50 bits per heavy atom. The van der Waals surface area contributed by atoms with E-state index in [1.54, 1.807) is 6.20 Å². The van der Waals surface area contributed by atoms with Crippen LogP contribution in [-0.2, 0) is 6.61 Å². The summed E-state index contributed by atoms with van der Waals surface area (Å²) >= 11 is 0. The molecule has 1 fully saturated rings. The highest BCUT2D eigenvalue weighted by molar-refractivity contribution is 5.47. The number of rotatable bonds is 2. The van der Waals surface area contributed by atoms with Gasteiger partial charge in [0, 0.05) is 24.8 Å². The largest absolute Gasteiger partial charge is 0.392 e. The average molecular weight is 220 g/mol. The van der Waals surface area contributed by atoms with E-state index in [0.29, 0.717) is 5.41 Å². The molecule has 1 aliphatic rings. The first-order valence-corrected chi connectivity index (χ1v) is 5.92. The van der Waals surface area contributed by atoms with Crippen molar-refractivity contribution < 1.29 is 5.11 Å². The molecule has 0 radical (unpaired) electrons. The molecule has 1 saturated heterocycles. The van der Waals surface area contributed by atoms with Crippen molar-refractivity contribution >= 4 is 5.82 Å². The molecular weight excluding hydrogens is 200 g/mol. The van der Waals surface area contributed by atoms with E-state index < -0.39 is 0 Å². The predicted molar refractivity (Wildman–Crippen MR) is 65.4 cm³/mol. The number of aromatic nitrogens is 1. The highest BCUT2D eigenvalue weighted by Gasteiger charge is 2.27. The Labute approximate surface area is 97.1 Å². The molecule has 0 amide bonds. The summed E-state index contributed by atoms with van der Waals surface area (Å²) in [7, 11) is 0. The summed E-state index contributed by atoms with van der Waals surface area (Å²) in [5.41, 5.74) is 1.28. The molecule has 0 bridgehead atoms. The van der Waals surface area contributed by atoms with Crippen LogP contribution >= 0.6 is 0 Å². The summed E-state index contributed by atoms with van der Waals surface area (Å²) in [6, 6.07) is 3.83. The van der Waals surface area contributed by atoms with Crippen molar-refractivity contribution in [3.05, 3.63) is 23.9 Å². The van der Waals surface area contributed by atoms with Gasteiger partial charge in [0.15, 0.2) is 0 Å². The molecule has 1 aliphatic heterocycles. The van der Waals surface area contributed by atoms with Crippen LogP contribution < -0.4 is 4.90 Å². The molecule has 2 rings (SSSR count). The molecule has 3 heteroatoms. The first kappa shape index (κ1) is 11.4.